The van der Waals surface area contributed by atoms with Gasteiger partial charge in [0, 0.05) is 6.61 Å². The molecule has 0 radical (unpaired) electrons. The number of aliphatic hydroxyl groups excluding tert-OH is 2. The lowest BCUT2D eigenvalue weighted by Crippen LogP contribution is -2.41. The highest BCUT2D eigenvalue weighted by Gasteiger charge is 2.51. The Morgan fingerprint density at radius 2 is 2.06 bits per heavy atom. The van der Waals surface area contributed by atoms with E-state index in [1.807, 2.05) is 0 Å². The monoisotopic (exact) mass is 226 g/mol. The van der Waals surface area contributed by atoms with E-state index in [1.54, 1.807) is 0 Å². The van der Waals surface area contributed by atoms with E-state index in [1.165, 1.54) is 25.7 Å². The van der Waals surface area contributed by atoms with Crippen molar-refractivity contribution >= 4 is 0 Å². The van der Waals surface area contributed by atoms with Gasteiger partial charge in [0.25, 0.3) is 0 Å². The van der Waals surface area contributed by atoms with Crippen LogP contribution in [0.3, 0.4) is 0 Å². The molecule has 2 fully saturated rings. The van der Waals surface area contributed by atoms with Crippen molar-refractivity contribution in [2.45, 2.75) is 58.5 Å². The van der Waals surface area contributed by atoms with E-state index in [2.05, 4.69) is 13.8 Å². The molecule has 0 aliphatic heterocycles. The molecule has 2 aliphatic rings. The van der Waals surface area contributed by atoms with Crippen molar-refractivity contribution in [2.75, 3.05) is 6.61 Å². The average Bonchev–Trinajstić information content (AvgIpc) is 2.57. The van der Waals surface area contributed by atoms with Crippen LogP contribution < -0.4 is 0 Å². The SMILES string of the molecule is CC(CCO)C1CCC2C(O)CCC[C@]12C. The van der Waals surface area contributed by atoms with Crippen LogP contribution in [0.25, 0.3) is 0 Å². The molecule has 0 saturated heterocycles. The van der Waals surface area contributed by atoms with Crippen molar-refractivity contribution in [1.29, 1.82) is 0 Å². The lowest BCUT2D eigenvalue weighted by atomic mass is 9.61. The van der Waals surface area contributed by atoms with Crippen LogP contribution in [0.15, 0.2) is 0 Å². The molecular weight excluding hydrogens is 200 g/mol. The molecule has 5 atom stereocenters. The van der Waals surface area contributed by atoms with Gasteiger partial charge in [-0.3, -0.25) is 0 Å². The van der Waals surface area contributed by atoms with Crippen LogP contribution in [0, 0.1) is 23.2 Å². The Morgan fingerprint density at radius 3 is 2.75 bits per heavy atom. The Bertz CT molecular complexity index is 241. The molecule has 16 heavy (non-hydrogen) atoms. The zero-order chi connectivity index (χ0) is 11.8. The van der Waals surface area contributed by atoms with Gasteiger partial charge in [-0.25, -0.2) is 0 Å². The van der Waals surface area contributed by atoms with Crippen LogP contribution in [-0.2, 0) is 0 Å². The first kappa shape index (κ1) is 12.4. The second kappa shape index (κ2) is 4.66. The minimum atomic E-state index is -0.0647. The van der Waals surface area contributed by atoms with Gasteiger partial charge >= 0.3 is 0 Å². The lowest BCUT2D eigenvalue weighted by molar-refractivity contribution is -0.0287. The van der Waals surface area contributed by atoms with Gasteiger partial charge in [0.2, 0.25) is 0 Å². The Hall–Kier alpha value is -0.0800. The van der Waals surface area contributed by atoms with Crippen molar-refractivity contribution in [1.82, 2.24) is 0 Å². The van der Waals surface area contributed by atoms with Crippen LogP contribution in [0.1, 0.15) is 52.4 Å². The van der Waals surface area contributed by atoms with Gasteiger partial charge in [-0.1, -0.05) is 20.3 Å². The molecule has 0 spiro atoms. The minimum absolute atomic E-state index is 0.0647. The van der Waals surface area contributed by atoms with Gasteiger partial charge in [-0.05, 0) is 55.3 Å². The maximum absolute atomic E-state index is 10.1. The molecule has 0 amide bonds. The van der Waals surface area contributed by atoms with Gasteiger partial charge < -0.3 is 10.2 Å². The minimum Gasteiger partial charge on any atom is -0.396 e. The molecule has 2 rings (SSSR count). The van der Waals surface area contributed by atoms with E-state index in [0.717, 1.165) is 12.8 Å². The fourth-order valence-electron chi connectivity index (χ4n) is 4.53. The predicted molar refractivity (Wildman–Crippen MR) is 65.0 cm³/mol. The smallest absolute Gasteiger partial charge is 0.0573 e. The first-order valence-electron chi connectivity index (χ1n) is 6.88. The molecule has 2 nitrogen and oxygen atoms in total. The fraction of sp³-hybridized carbons (Fsp3) is 1.00. The zero-order valence-electron chi connectivity index (χ0n) is 10.7. The van der Waals surface area contributed by atoms with Crippen molar-refractivity contribution in [3.8, 4) is 0 Å². The molecular formula is C14H26O2. The highest BCUT2D eigenvalue weighted by molar-refractivity contribution is 5.01. The third-order valence-corrected chi connectivity index (χ3v) is 5.43. The second-order valence-electron chi connectivity index (χ2n) is 6.25. The molecule has 4 unspecified atom stereocenters. The zero-order valence-corrected chi connectivity index (χ0v) is 10.7. The maximum atomic E-state index is 10.1. The number of hydrogen-bond donors (Lipinski definition) is 2. The van der Waals surface area contributed by atoms with Crippen molar-refractivity contribution in [2.24, 2.45) is 23.2 Å². The van der Waals surface area contributed by atoms with Crippen LogP contribution in [-0.4, -0.2) is 22.9 Å². The first-order valence-corrected chi connectivity index (χ1v) is 6.88. The molecule has 2 aliphatic carbocycles. The molecule has 94 valence electrons. The summed E-state index contributed by atoms with van der Waals surface area (Å²) in [5.41, 5.74) is 0.340. The van der Waals surface area contributed by atoms with Gasteiger partial charge in [0.05, 0.1) is 6.10 Å². The molecule has 0 heterocycles. The molecule has 0 aromatic rings. The van der Waals surface area contributed by atoms with E-state index in [4.69, 9.17) is 5.11 Å². The summed E-state index contributed by atoms with van der Waals surface area (Å²) in [5, 5.41) is 19.2. The normalized spacial score (nSPS) is 45.4. The maximum Gasteiger partial charge on any atom is 0.0573 e. The standard InChI is InChI=1S/C14H26O2/c1-10(7-9-15)11-5-6-12-13(16)4-3-8-14(11,12)2/h10-13,15-16H,3-9H2,1-2H3/t10?,11?,12?,13?,14-/m1/s1. The van der Waals surface area contributed by atoms with E-state index in [9.17, 15) is 5.11 Å². The van der Waals surface area contributed by atoms with Gasteiger partial charge in [0.1, 0.15) is 0 Å². The van der Waals surface area contributed by atoms with E-state index < -0.39 is 0 Å². The van der Waals surface area contributed by atoms with E-state index in [0.29, 0.717) is 29.8 Å². The molecule has 0 aromatic heterocycles. The summed E-state index contributed by atoms with van der Waals surface area (Å²) in [6.45, 7) is 4.96. The van der Waals surface area contributed by atoms with Crippen LogP contribution in [0.2, 0.25) is 0 Å². The third kappa shape index (κ3) is 1.91. The molecule has 0 aromatic carbocycles. The average molecular weight is 226 g/mol. The summed E-state index contributed by atoms with van der Waals surface area (Å²) in [6.07, 6.45) is 6.75. The summed E-state index contributed by atoms with van der Waals surface area (Å²) in [5.74, 6) is 1.83. The highest BCUT2D eigenvalue weighted by atomic mass is 16.3. The predicted octanol–water partition coefficient (Wildman–Crippen LogP) is 2.58. The van der Waals surface area contributed by atoms with Gasteiger partial charge in [-0.2, -0.15) is 0 Å². The topological polar surface area (TPSA) is 40.5 Å². The largest absolute Gasteiger partial charge is 0.396 e. The highest BCUT2D eigenvalue weighted by Crippen LogP contribution is 2.57. The first-order chi connectivity index (χ1) is 7.59. The van der Waals surface area contributed by atoms with Gasteiger partial charge in [-0.15, -0.1) is 0 Å². The molecule has 2 saturated carbocycles. The lowest BCUT2D eigenvalue weighted by Gasteiger charge is -2.45. The van der Waals surface area contributed by atoms with Crippen molar-refractivity contribution in [3.63, 3.8) is 0 Å². The van der Waals surface area contributed by atoms with Gasteiger partial charge in [0.15, 0.2) is 0 Å². The Morgan fingerprint density at radius 1 is 1.31 bits per heavy atom. The second-order valence-corrected chi connectivity index (χ2v) is 6.25. The Kier molecular flexibility index (Phi) is 3.60. The summed E-state index contributed by atoms with van der Waals surface area (Å²) < 4.78 is 0. The number of hydrogen-bond acceptors (Lipinski definition) is 2. The number of fused-ring (bicyclic) bond motifs is 1. The van der Waals surface area contributed by atoms with Crippen molar-refractivity contribution < 1.29 is 10.2 Å². The molecule has 0 bridgehead atoms. The quantitative estimate of drug-likeness (QED) is 0.776. The van der Waals surface area contributed by atoms with Crippen LogP contribution >= 0.6 is 0 Å². The summed E-state index contributed by atoms with van der Waals surface area (Å²) in [6, 6.07) is 0. The number of aliphatic hydroxyl groups is 2. The van der Waals surface area contributed by atoms with E-state index >= 15 is 0 Å². The number of rotatable bonds is 3. The summed E-state index contributed by atoms with van der Waals surface area (Å²) in [7, 11) is 0. The Balaban J connectivity index is 2.11. The third-order valence-electron chi connectivity index (χ3n) is 5.43. The van der Waals surface area contributed by atoms with Crippen LogP contribution in [0.4, 0.5) is 0 Å². The fourth-order valence-corrected chi connectivity index (χ4v) is 4.53. The molecule has 2 N–H and O–H groups in total. The Labute approximate surface area is 99.1 Å². The van der Waals surface area contributed by atoms with Crippen LogP contribution in [0.5, 0.6) is 0 Å². The van der Waals surface area contributed by atoms with E-state index in [-0.39, 0.29) is 6.10 Å². The molecule has 2 heteroatoms. The summed E-state index contributed by atoms with van der Waals surface area (Å²) >= 11 is 0. The van der Waals surface area contributed by atoms with Crippen molar-refractivity contribution in [3.05, 3.63) is 0 Å². The summed E-state index contributed by atoms with van der Waals surface area (Å²) in [4.78, 5) is 0.